The zero-order valence-electron chi connectivity index (χ0n) is 17.3. The van der Waals surface area contributed by atoms with Crippen molar-refractivity contribution in [1.82, 2.24) is 9.97 Å². The molecular weight excluding hydrogens is 328 g/mol. The molecule has 4 rings (SSSR count). The van der Waals surface area contributed by atoms with E-state index in [2.05, 4.69) is 100 Å². The van der Waals surface area contributed by atoms with Crippen molar-refractivity contribution >= 4 is 21.8 Å². The van der Waals surface area contributed by atoms with E-state index in [9.17, 15) is 0 Å². The van der Waals surface area contributed by atoms with Crippen LogP contribution in [0.3, 0.4) is 0 Å². The Labute approximate surface area is 162 Å². The molecule has 0 atom stereocenters. The predicted molar refractivity (Wildman–Crippen MR) is 117 cm³/mol. The van der Waals surface area contributed by atoms with Crippen molar-refractivity contribution in [3.8, 4) is 0 Å². The van der Waals surface area contributed by atoms with Gasteiger partial charge in [0.2, 0.25) is 0 Å². The molecule has 0 aliphatic rings. The Hall–Kier alpha value is -2.61. The average molecular weight is 359 g/mol. The summed E-state index contributed by atoms with van der Waals surface area (Å²) in [6.07, 6.45) is 4.09. The van der Waals surface area contributed by atoms with Crippen LogP contribution in [0, 0.1) is 0 Å². The van der Waals surface area contributed by atoms with E-state index in [4.69, 9.17) is 0 Å². The van der Waals surface area contributed by atoms with Crippen LogP contribution in [0.4, 0.5) is 0 Å². The van der Waals surface area contributed by atoms with E-state index < -0.39 is 0 Å². The first-order chi connectivity index (χ1) is 12.7. The number of aromatic amines is 1. The van der Waals surface area contributed by atoms with Crippen LogP contribution in [0.1, 0.15) is 52.7 Å². The molecule has 0 spiro atoms. The predicted octanol–water partition coefficient (Wildman–Crippen LogP) is 7.00. The van der Waals surface area contributed by atoms with Crippen LogP contribution in [-0.4, -0.2) is 9.97 Å². The van der Waals surface area contributed by atoms with Crippen molar-refractivity contribution in [2.45, 2.75) is 52.4 Å². The highest BCUT2D eigenvalue weighted by molar-refractivity contribution is 5.84. The van der Waals surface area contributed by atoms with Crippen LogP contribution < -0.4 is 0 Å². The van der Waals surface area contributed by atoms with Crippen molar-refractivity contribution in [2.24, 2.45) is 0 Å². The number of fused-ring (bicyclic) bond motifs is 2. The summed E-state index contributed by atoms with van der Waals surface area (Å²) in [6, 6.07) is 18.9. The second kappa shape index (κ2) is 7.19. The van der Waals surface area contributed by atoms with E-state index in [0.717, 1.165) is 5.52 Å². The minimum atomic E-state index is 0.178. The van der Waals surface area contributed by atoms with Crippen molar-refractivity contribution in [2.75, 3.05) is 0 Å². The van der Waals surface area contributed by atoms with Crippen LogP contribution >= 0.6 is 0 Å². The van der Waals surface area contributed by atoms with Crippen LogP contribution in [0.2, 0.25) is 0 Å². The average Bonchev–Trinajstić information content (AvgIpc) is 3.05. The monoisotopic (exact) mass is 358 g/mol. The fraction of sp³-hybridized carbons (Fsp3) is 0.320. The van der Waals surface area contributed by atoms with Gasteiger partial charge in [-0.1, -0.05) is 77.9 Å². The molecule has 0 aliphatic heterocycles. The van der Waals surface area contributed by atoms with Gasteiger partial charge in [0.05, 0.1) is 5.52 Å². The SMILES string of the molecule is CC(C)(C)c1c[nH]c2ccccc12.CC(C)(C)c1cnc2ccccc2c1. The molecular formula is C25H30N2. The van der Waals surface area contributed by atoms with Gasteiger partial charge < -0.3 is 4.98 Å². The number of H-pyrrole nitrogens is 1. The van der Waals surface area contributed by atoms with Crippen molar-refractivity contribution in [3.05, 3.63) is 78.1 Å². The van der Waals surface area contributed by atoms with Gasteiger partial charge in [0, 0.05) is 28.7 Å². The number of benzene rings is 2. The number of nitrogens with zero attached hydrogens (tertiary/aromatic N) is 1. The molecule has 0 aliphatic carbocycles. The second-order valence-electron chi connectivity index (χ2n) is 9.16. The lowest BCUT2D eigenvalue weighted by molar-refractivity contribution is 0.589. The van der Waals surface area contributed by atoms with Gasteiger partial charge in [-0.2, -0.15) is 0 Å². The molecule has 0 unspecified atom stereocenters. The molecule has 4 aromatic rings. The third-order valence-electron chi connectivity index (χ3n) is 4.85. The maximum Gasteiger partial charge on any atom is 0.0702 e. The molecule has 27 heavy (non-hydrogen) atoms. The largest absolute Gasteiger partial charge is 0.361 e. The zero-order chi connectivity index (χ0) is 19.7. The Morgan fingerprint density at radius 1 is 0.778 bits per heavy atom. The van der Waals surface area contributed by atoms with Crippen LogP contribution in [0.15, 0.2) is 67.0 Å². The summed E-state index contributed by atoms with van der Waals surface area (Å²) >= 11 is 0. The summed E-state index contributed by atoms with van der Waals surface area (Å²) in [5.41, 5.74) is 5.38. The van der Waals surface area contributed by atoms with Crippen LogP contribution in [-0.2, 0) is 10.8 Å². The normalized spacial score (nSPS) is 12.1. The molecule has 2 heterocycles. The fourth-order valence-corrected chi connectivity index (χ4v) is 3.17. The van der Waals surface area contributed by atoms with Gasteiger partial charge in [0.15, 0.2) is 0 Å². The molecule has 0 saturated heterocycles. The highest BCUT2D eigenvalue weighted by Crippen LogP contribution is 2.29. The number of hydrogen-bond acceptors (Lipinski definition) is 1. The Bertz CT molecular complexity index is 1040. The molecule has 0 saturated carbocycles. The standard InChI is InChI=1S/C13H15N.C12H15N/c1-13(2,3)11-8-10-6-4-5-7-12(10)14-9-11;1-12(2,3)10-8-13-11-7-5-4-6-9(10)11/h4-9H,1-3H3;4-8,13H,1-3H3. The van der Waals surface area contributed by atoms with Gasteiger partial charge in [-0.3, -0.25) is 4.98 Å². The first-order valence-electron chi connectivity index (χ1n) is 9.58. The molecule has 0 fully saturated rings. The maximum atomic E-state index is 4.45. The second-order valence-corrected chi connectivity index (χ2v) is 9.16. The Kier molecular flexibility index (Phi) is 5.10. The zero-order valence-corrected chi connectivity index (χ0v) is 17.3. The van der Waals surface area contributed by atoms with E-state index in [1.54, 1.807) is 0 Å². The minimum Gasteiger partial charge on any atom is -0.361 e. The molecule has 2 nitrogen and oxygen atoms in total. The van der Waals surface area contributed by atoms with Gasteiger partial charge in [-0.15, -0.1) is 0 Å². The molecule has 0 bridgehead atoms. The summed E-state index contributed by atoms with van der Waals surface area (Å²) in [5.74, 6) is 0. The van der Waals surface area contributed by atoms with Crippen molar-refractivity contribution in [3.63, 3.8) is 0 Å². The number of para-hydroxylation sites is 2. The van der Waals surface area contributed by atoms with E-state index in [1.807, 2.05) is 18.3 Å². The van der Waals surface area contributed by atoms with Crippen molar-refractivity contribution in [1.29, 1.82) is 0 Å². The first-order valence-corrected chi connectivity index (χ1v) is 9.58. The van der Waals surface area contributed by atoms with Crippen LogP contribution in [0.25, 0.3) is 21.8 Å². The third-order valence-corrected chi connectivity index (χ3v) is 4.85. The summed E-state index contributed by atoms with van der Waals surface area (Å²) in [5, 5.41) is 2.56. The lowest BCUT2D eigenvalue weighted by atomic mass is 9.87. The lowest BCUT2D eigenvalue weighted by Crippen LogP contribution is -2.11. The fourth-order valence-electron chi connectivity index (χ4n) is 3.17. The van der Waals surface area contributed by atoms with Crippen LogP contribution in [0.5, 0.6) is 0 Å². The quantitative estimate of drug-likeness (QED) is 0.360. The Balaban J connectivity index is 0.000000156. The molecule has 2 heteroatoms. The number of rotatable bonds is 0. The van der Waals surface area contributed by atoms with Gasteiger partial charge in [0.25, 0.3) is 0 Å². The summed E-state index contributed by atoms with van der Waals surface area (Å²) in [7, 11) is 0. The molecule has 2 aromatic heterocycles. The Morgan fingerprint density at radius 3 is 2.15 bits per heavy atom. The lowest BCUT2D eigenvalue weighted by Gasteiger charge is -2.18. The molecule has 0 radical (unpaired) electrons. The highest BCUT2D eigenvalue weighted by Gasteiger charge is 2.17. The molecule has 140 valence electrons. The number of nitrogens with one attached hydrogen (secondary N) is 1. The van der Waals surface area contributed by atoms with E-state index in [0.29, 0.717) is 0 Å². The van der Waals surface area contributed by atoms with Gasteiger partial charge in [0.1, 0.15) is 0 Å². The summed E-state index contributed by atoms with van der Waals surface area (Å²) in [6.45, 7) is 13.3. The Morgan fingerprint density at radius 2 is 1.44 bits per heavy atom. The number of pyridine rings is 1. The molecule has 1 N–H and O–H groups in total. The van der Waals surface area contributed by atoms with Gasteiger partial charge >= 0.3 is 0 Å². The number of hydrogen-bond donors (Lipinski definition) is 1. The number of aromatic nitrogens is 2. The molecule has 0 amide bonds. The highest BCUT2D eigenvalue weighted by atomic mass is 14.7. The van der Waals surface area contributed by atoms with Gasteiger partial charge in [-0.25, -0.2) is 0 Å². The summed E-state index contributed by atoms with van der Waals surface area (Å²) in [4.78, 5) is 7.74. The summed E-state index contributed by atoms with van der Waals surface area (Å²) < 4.78 is 0. The minimum absolute atomic E-state index is 0.178. The van der Waals surface area contributed by atoms with E-state index in [-0.39, 0.29) is 10.8 Å². The van der Waals surface area contributed by atoms with E-state index in [1.165, 1.54) is 27.4 Å². The van der Waals surface area contributed by atoms with Crippen molar-refractivity contribution < 1.29 is 0 Å². The molecule has 2 aromatic carbocycles. The maximum absolute atomic E-state index is 4.45. The topological polar surface area (TPSA) is 28.7 Å². The third kappa shape index (κ3) is 4.39. The first kappa shape index (κ1) is 19.2. The smallest absolute Gasteiger partial charge is 0.0702 e. The van der Waals surface area contributed by atoms with E-state index >= 15 is 0 Å². The van der Waals surface area contributed by atoms with Gasteiger partial charge in [-0.05, 0) is 40.2 Å².